The van der Waals surface area contributed by atoms with E-state index in [0.29, 0.717) is 5.89 Å². The summed E-state index contributed by atoms with van der Waals surface area (Å²) in [6, 6.07) is 0. The van der Waals surface area contributed by atoms with Crippen molar-refractivity contribution < 1.29 is 4.52 Å². The van der Waals surface area contributed by atoms with Gasteiger partial charge in [-0.1, -0.05) is 19.0 Å². The molecule has 4 rings (SSSR count). The molecular formula is C17H23N7O. The topological polar surface area (TPSA) is 85.8 Å². The van der Waals surface area contributed by atoms with Gasteiger partial charge in [0.1, 0.15) is 11.6 Å². The standard InChI is InChI=1S/C17H23N7O/c1-10(2)17-21-14(22-25-17)12-6-5-7-24(9-12)16-13-8-18-23(4)15(13)19-11(3)20-16/h8,10,12H,5-7,9H2,1-4H3/t12-/m0/s1. The van der Waals surface area contributed by atoms with Crippen LogP contribution in [0.3, 0.4) is 0 Å². The van der Waals surface area contributed by atoms with Crippen molar-refractivity contribution in [3.05, 3.63) is 23.7 Å². The minimum atomic E-state index is 0.250. The van der Waals surface area contributed by atoms with Gasteiger partial charge in [-0.05, 0) is 19.8 Å². The zero-order valence-electron chi connectivity index (χ0n) is 15.1. The third kappa shape index (κ3) is 2.85. The van der Waals surface area contributed by atoms with Gasteiger partial charge in [0.2, 0.25) is 5.89 Å². The fourth-order valence-electron chi connectivity index (χ4n) is 3.38. The Labute approximate surface area is 146 Å². The van der Waals surface area contributed by atoms with E-state index in [0.717, 1.165) is 54.4 Å². The lowest BCUT2D eigenvalue weighted by atomic mass is 9.97. The second kappa shape index (κ2) is 6.09. The molecule has 0 unspecified atom stereocenters. The quantitative estimate of drug-likeness (QED) is 0.723. The van der Waals surface area contributed by atoms with Crippen molar-refractivity contribution in [3.63, 3.8) is 0 Å². The molecule has 25 heavy (non-hydrogen) atoms. The summed E-state index contributed by atoms with van der Waals surface area (Å²) in [4.78, 5) is 16.1. The lowest BCUT2D eigenvalue weighted by Gasteiger charge is -2.32. The maximum absolute atomic E-state index is 5.39. The van der Waals surface area contributed by atoms with E-state index in [4.69, 9.17) is 9.51 Å². The lowest BCUT2D eigenvalue weighted by molar-refractivity contribution is 0.354. The van der Waals surface area contributed by atoms with E-state index >= 15 is 0 Å². The largest absolute Gasteiger partial charge is 0.355 e. The Bertz CT molecular complexity index is 898. The molecule has 1 saturated heterocycles. The van der Waals surface area contributed by atoms with E-state index < -0.39 is 0 Å². The highest BCUT2D eigenvalue weighted by molar-refractivity contribution is 5.87. The minimum absolute atomic E-state index is 0.250. The third-order valence-corrected chi connectivity index (χ3v) is 4.72. The van der Waals surface area contributed by atoms with Gasteiger partial charge in [0, 0.05) is 32.0 Å². The Kier molecular flexibility index (Phi) is 3.89. The number of fused-ring (bicyclic) bond motifs is 1. The zero-order valence-corrected chi connectivity index (χ0v) is 15.1. The summed E-state index contributed by atoms with van der Waals surface area (Å²) in [6.07, 6.45) is 3.98. The van der Waals surface area contributed by atoms with Crippen molar-refractivity contribution in [2.45, 2.75) is 45.4 Å². The normalized spacial score (nSPS) is 18.4. The second-order valence-corrected chi connectivity index (χ2v) is 7.03. The number of piperidine rings is 1. The van der Waals surface area contributed by atoms with Crippen LogP contribution in [-0.2, 0) is 7.05 Å². The highest BCUT2D eigenvalue weighted by Crippen LogP contribution is 2.31. The van der Waals surface area contributed by atoms with E-state index in [1.165, 1.54) is 0 Å². The summed E-state index contributed by atoms with van der Waals surface area (Å²) >= 11 is 0. The van der Waals surface area contributed by atoms with Crippen LogP contribution in [0.15, 0.2) is 10.7 Å². The van der Waals surface area contributed by atoms with Crippen molar-refractivity contribution in [2.75, 3.05) is 18.0 Å². The molecule has 8 heteroatoms. The van der Waals surface area contributed by atoms with Crippen LogP contribution in [0.1, 0.15) is 56.1 Å². The predicted octanol–water partition coefficient (Wildman–Crippen LogP) is 2.56. The second-order valence-electron chi connectivity index (χ2n) is 7.03. The van der Waals surface area contributed by atoms with Gasteiger partial charge in [-0.2, -0.15) is 10.1 Å². The molecule has 0 bridgehead atoms. The van der Waals surface area contributed by atoms with E-state index in [9.17, 15) is 0 Å². The molecule has 8 nitrogen and oxygen atoms in total. The third-order valence-electron chi connectivity index (χ3n) is 4.72. The number of aryl methyl sites for hydroxylation is 2. The number of rotatable bonds is 3. The van der Waals surface area contributed by atoms with Gasteiger partial charge in [0.05, 0.1) is 11.6 Å². The van der Waals surface area contributed by atoms with Gasteiger partial charge >= 0.3 is 0 Å². The molecule has 132 valence electrons. The molecule has 0 spiro atoms. The summed E-state index contributed by atoms with van der Waals surface area (Å²) in [7, 11) is 1.91. The van der Waals surface area contributed by atoms with E-state index in [2.05, 4.69) is 39.0 Å². The van der Waals surface area contributed by atoms with Crippen molar-refractivity contribution >= 4 is 16.9 Å². The number of hydrogen-bond donors (Lipinski definition) is 0. The molecule has 0 aromatic carbocycles. The fourth-order valence-corrected chi connectivity index (χ4v) is 3.38. The zero-order chi connectivity index (χ0) is 17.6. The molecule has 3 aromatic heterocycles. The number of anilines is 1. The van der Waals surface area contributed by atoms with Crippen LogP contribution >= 0.6 is 0 Å². The van der Waals surface area contributed by atoms with Gasteiger partial charge < -0.3 is 9.42 Å². The molecule has 1 fully saturated rings. The van der Waals surface area contributed by atoms with Crippen LogP contribution in [0.25, 0.3) is 11.0 Å². The lowest BCUT2D eigenvalue weighted by Crippen LogP contribution is -2.35. The summed E-state index contributed by atoms with van der Waals surface area (Å²) in [5, 5.41) is 9.54. The first-order valence-electron chi connectivity index (χ1n) is 8.77. The summed E-state index contributed by atoms with van der Waals surface area (Å²) < 4.78 is 7.19. The van der Waals surface area contributed by atoms with Crippen molar-refractivity contribution in [1.29, 1.82) is 0 Å². The first kappa shape index (κ1) is 16.0. The SMILES string of the molecule is Cc1nc(N2CCC[C@H](c3noc(C(C)C)n3)C2)c2cnn(C)c2n1. The molecular weight excluding hydrogens is 318 g/mol. The molecule has 0 saturated carbocycles. The van der Waals surface area contributed by atoms with Crippen LogP contribution < -0.4 is 4.90 Å². The van der Waals surface area contributed by atoms with Crippen molar-refractivity contribution in [2.24, 2.45) is 7.05 Å². The van der Waals surface area contributed by atoms with E-state index in [-0.39, 0.29) is 11.8 Å². The maximum Gasteiger partial charge on any atom is 0.229 e. The van der Waals surface area contributed by atoms with Crippen molar-refractivity contribution in [3.8, 4) is 0 Å². The summed E-state index contributed by atoms with van der Waals surface area (Å²) in [5.41, 5.74) is 0.867. The summed E-state index contributed by atoms with van der Waals surface area (Å²) in [5.74, 6) is 3.73. The molecule has 0 aliphatic carbocycles. The van der Waals surface area contributed by atoms with Gasteiger partial charge in [-0.25, -0.2) is 9.97 Å². The van der Waals surface area contributed by atoms with E-state index in [1.54, 1.807) is 4.68 Å². The van der Waals surface area contributed by atoms with Crippen LogP contribution in [0.2, 0.25) is 0 Å². The van der Waals surface area contributed by atoms with Crippen molar-refractivity contribution in [1.82, 2.24) is 29.9 Å². The smallest absolute Gasteiger partial charge is 0.229 e. The van der Waals surface area contributed by atoms with Gasteiger partial charge in [0.15, 0.2) is 11.5 Å². The van der Waals surface area contributed by atoms with E-state index in [1.807, 2.05) is 20.2 Å². The minimum Gasteiger partial charge on any atom is -0.355 e. The van der Waals surface area contributed by atoms with Gasteiger partial charge in [-0.3, -0.25) is 4.68 Å². The number of nitrogens with zero attached hydrogens (tertiary/aromatic N) is 7. The Morgan fingerprint density at radius 3 is 2.84 bits per heavy atom. The van der Waals surface area contributed by atoms with Gasteiger partial charge in [0.25, 0.3) is 0 Å². The number of aromatic nitrogens is 6. The van der Waals surface area contributed by atoms with Gasteiger partial charge in [-0.15, -0.1) is 0 Å². The average molecular weight is 341 g/mol. The van der Waals surface area contributed by atoms with Crippen LogP contribution in [0.4, 0.5) is 5.82 Å². The summed E-state index contributed by atoms with van der Waals surface area (Å²) in [6.45, 7) is 7.84. The maximum atomic E-state index is 5.39. The molecule has 0 amide bonds. The molecule has 0 radical (unpaired) electrons. The Morgan fingerprint density at radius 1 is 1.24 bits per heavy atom. The Morgan fingerprint density at radius 2 is 2.08 bits per heavy atom. The molecule has 3 aromatic rings. The van der Waals surface area contributed by atoms with Crippen LogP contribution in [0, 0.1) is 6.92 Å². The molecule has 1 aliphatic heterocycles. The first-order valence-corrected chi connectivity index (χ1v) is 8.77. The Balaban J connectivity index is 1.65. The highest BCUT2D eigenvalue weighted by atomic mass is 16.5. The molecule has 1 aliphatic rings. The fraction of sp³-hybridized carbons (Fsp3) is 0.588. The molecule has 1 atom stereocenters. The average Bonchev–Trinajstić information content (AvgIpc) is 3.22. The molecule has 0 N–H and O–H groups in total. The first-order chi connectivity index (χ1) is 12.0. The number of hydrogen-bond acceptors (Lipinski definition) is 7. The Hall–Kier alpha value is -2.51. The van der Waals surface area contributed by atoms with Crippen LogP contribution in [0.5, 0.6) is 0 Å². The predicted molar refractivity (Wildman–Crippen MR) is 93.6 cm³/mol. The monoisotopic (exact) mass is 341 g/mol. The highest BCUT2D eigenvalue weighted by Gasteiger charge is 2.28. The van der Waals surface area contributed by atoms with Crippen LogP contribution in [-0.4, -0.2) is 43.0 Å². The molecule has 4 heterocycles.